The minimum atomic E-state index is -0.321. The summed E-state index contributed by atoms with van der Waals surface area (Å²) in [6.07, 6.45) is 1.99. The third-order valence-electron chi connectivity index (χ3n) is 4.18. The lowest BCUT2D eigenvalue weighted by Gasteiger charge is -2.35. The summed E-state index contributed by atoms with van der Waals surface area (Å²) in [4.78, 5) is 14.3. The Kier molecular flexibility index (Phi) is 5.31. The number of amides is 1. The van der Waals surface area contributed by atoms with Gasteiger partial charge in [0, 0.05) is 18.8 Å². The molecule has 4 nitrogen and oxygen atoms in total. The third-order valence-corrected chi connectivity index (χ3v) is 4.18. The number of nitrogens with zero attached hydrogens (tertiary/aromatic N) is 1. The number of likely N-dealkylation sites (tertiary alicyclic amines) is 1. The molecule has 0 bridgehead atoms. The number of carbonyl (C=O) groups is 1. The van der Waals surface area contributed by atoms with Crippen LogP contribution in [0.25, 0.3) is 0 Å². The van der Waals surface area contributed by atoms with Gasteiger partial charge in [-0.3, -0.25) is 9.69 Å². The number of carbonyl (C=O) groups excluding carboxylic acids is 1. The van der Waals surface area contributed by atoms with Crippen molar-refractivity contribution in [2.75, 3.05) is 25.0 Å². The van der Waals surface area contributed by atoms with Crippen LogP contribution in [0.3, 0.4) is 0 Å². The van der Waals surface area contributed by atoms with E-state index < -0.39 is 0 Å². The maximum atomic E-state index is 13.5. The maximum absolute atomic E-state index is 13.5. The molecule has 2 N–H and O–H groups in total. The average Bonchev–Trinajstić information content (AvgIpc) is 2.50. The van der Waals surface area contributed by atoms with Crippen LogP contribution >= 0.6 is 0 Å². The van der Waals surface area contributed by atoms with Crippen molar-refractivity contribution in [1.82, 2.24) is 4.90 Å². The van der Waals surface area contributed by atoms with Crippen molar-refractivity contribution in [2.24, 2.45) is 5.92 Å². The zero-order valence-corrected chi connectivity index (χ0v) is 12.6. The highest BCUT2D eigenvalue weighted by Crippen LogP contribution is 2.19. The van der Waals surface area contributed by atoms with Crippen LogP contribution in [0.5, 0.6) is 0 Å². The van der Waals surface area contributed by atoms with E-state index in [4.69, 9.17) is 0 Å². The van der Waals surface area contributed by atoms with Crippen LogP contribution in [-0.4, -0.2) is 41.7 Å². The Balaban J connectivity index is 1.97. The predicted molar refractivity (Wildman–Crippen MR) is 80.6 cm³/mol. The van der Waals surface area contributed by atoms with Crippen molar-refractivity contribution < 1.29 is 14.3 Å². The fourth-order valence-corrected chi connectivity index (χ4v) is 2.68. The van der Waals surface area contributed by atoms with Crippen molar-refractivity contribution in [3.63, 3.8) is 0 Å². The number of benzene rings is 1. The normalized spacial score (nSPS) is 21.0. The number of rotatable bonds is 4. The SMILES string of the molecule is Cc1ccc(NC(=O)C(C)N2CCCC(CO)C2)cc1F. The second kappa shape index (κ2) is 7.00. The number of hydrogen-bond acceptors (Lipinski definition) is 3. The van der Waals surface area contributed by atoms with E-state index in [2.05, 4.69) is 10.2 Å². The average molecular weight is 294 g/mol. The summed E-state index contributed by atoms with van der Waals surface area (Å²) in [6, 6.07) is 4.41. The highest BCUT2D eigenvalue weighted by Gasteiger charge is 2.27. The van der Waals surface area contributed by atoms with E-state index in [1.807, 2.05) is 6.92 Å². The molecule has 1 aliphatic heterocycles. The van der Waals surface area contributed by atoms with Crippen molar-refractivity contribution in [2.45, 2.75) is 32.7 Å². The van der Waals surface area contributed by atoms with Gasteiger partial charge in [-0.05, 0) is 56.8 Å². The summed E-state index contributed by atoms with van der Waals surface area (Å²) < 4.78 is 13.5. The van der Waals surface area contributed by atoms with Crippen LogP contribution < -0.4 is 5.32 Å². The molecule has 0 saturated carbocycles. The zero-order valence-electron chi connectivity index (χ0n) is 12.6. The summed E-state index contributed by atoms with van der Waals surface area (Å²) in [5, 5.41) is 12.0. The molecule has 0 spiro atoms. The minimum absolute atomic E-state index is 0.142. The second-order valence-electron chi connectivity index (χ2n) is 5.81. The molecule has 116 valence electrons. The van der Waals surface area contributed by atoms with Gasteiger partial charge in [0.2, 0.25) is 5.91 Å². The quantitative estimate of drug-likeness (QED) is 0.895. The summed E-state index contributed by atoms with van der Waals surface area (Å²) in [5.74, 6) is -0.221. The predicted octanol–water partition coefficient (Wildman–Crippen LogP) is 2.17. The zero-order chi connectivity index (χ0) is 15.4. The van der Waals surface area contributed by atoms with Crippen LogP contribution in [0.1, 0.15) is 25.3 Å². The number of piperidine rings is 1. The molecule has 0 aliphatic carbocycles. The fraction of sp³-hybridized carbons (Fsp3) is 0.562. The largest absolute Gasteiger partial charge is 0.396 e. The van der Waals surface area contributed by atoms with Crippen LogP contribution in [0, 0.1) is 18.7 Å². The molecule has 1 heterocycles. The molecular formula is C16H23FN2O2. The molecule has 2 atom stereocenters. The molecular weight excluding hydrogens is 271 g/mol. The highest BCUT2D eigenvalue weighted by molar-refractivity contribution is 5.94. The number of aryl methyl sites for hydroxylation is 1. The lowest BCUT2D eigenvalue weighted by atomic mass is 9.97. The number of aliphatic hydroxyl groups is 1. The third kappa shape index (κ3) is 4.02. The van der Waals surface area contributed by atoms with E-state index >= 15 is 0 Å². The van der Waals surface area contributed by atoms with Gasteiger partial charge in [0.15, 0.2) is 0 Å². The van der Waals surface area contributed by atoms with Crippen LogP contribution in [0.4, 0.5) is 10.1 Å². The van der Waals surface area contributed by atoms with Gasteiger partial charge in [-0.1, -0.05) is 6.07 Å². The smallest absolute Gasteiger partial charge is 0.241 e. The summed E-state index contributed by atoms with van der Waals surface area (Å²) in [5.41, 5.74) is 1.04. The van der Waals surface area contributed by atoms with Crippen molar-refractivity contribution in [1.29, 1.82) is 0 Å². The number of halogens is 1. The van der Waals surface area contributed by atoms with Gasteiger partial charge < -0.3 is 10.4 Å². The first kappa shape index (κ1) is 15.9. The van der Waals surface area contributed by atoms with Gasteiger partial charge in [0.1, 0.15) is 5.82 Å². The molecule has 21 heavy (non-hydrogen) atoms. The molecule has 1 fully saturated rings. The molecule has 1 aromatic rings. The minimum Gasteiger partial charge on any atom is -0.396 e. The Labute approximate surface area is 125 Å². The Bertz CT molecular complexity index is 507. The first-order chi connectivity index (χ1) is 10.0. The molecule has 1 aliphatic rings. The van der Waals surface area contributed by atoms with E-state index in [-0.39, 0.29) is 30.3 Å². The van der Waals surface area contributed by atoms with Gasteiger partial charge in [-0.15, -0.1) is 0 Å². The number of anilines is 1. The molecule has 0 radical (unpaired) electrons. The van der Waals surface area contributed by atoms with E-state index in [0.29, 0.717) is 11.3 Å². The Morgan fingerprint density at radius 3 is 3.00 bits per heavy atom. The lowest BCUT2D eigenvalue weighted by Crippen LogP contribution is -2.47. The molecule has 2 rings (SSSR count). The first-order valence-corrected chi connectivity index (χ1v) is 7.43. The molecule has 1 aromatic carbocycles. The fourth-order valence-electron chi connectivity index (χ4n) is 2.68. The van der Waals surface area contributed by atoms with Gasteiger partial charge in [-0.25, -0.2) is 4.39 Å². The van der Waals surface area contributed by atoms with E-state index in [9.17, 15) is 14.3 Å². The van der Waals surface area contributed by atoms with Crippen molar-refractivity contribution >= 4 is 11.6 Å². The van der Waals surface area contributed by atoms with E-state index in [0.717, 1.165) is 25.9 Å². The molecule has 1 saturated heterocycles. The van der Waals surface area contributed by atoms with E-state index in [1.165, 1.54) is 6.07 Å². The maximum Gasteiger partial charge on any atom is 0.241 e. The number of nitrogens with one attached hydrogen (secondary N) is 1. The molecule has 0 aromatic heterocycles. The van der Waals surface area contributed by atoms with Gasteiger partial charge in [0.05, 0.1) is 6.04 Å². The Morgan fingerprint density at radius 2 is 2.33 bits per heavy atom. The number of hydrogen-bond donors (Lipinski definition) is 2. The topological polar surface area (TPSA) is 52.6 Å². The first-order valence-electron chi connectivity index (χ1n) is 7.43. The van der Waals surface area contributed by atoms with Gasteiger partial charge in [0.25, 0.3) is 0 Å². The Hall–Kier alpha value is -1.46. The van der Waals surface area contributed by atoms with Crippen molar-refractivity contribution in [3.05, 3.63) is 29.6 Å². The molecule has 1 amide bonds. The van der Waals surface area contributed by atoms with Crippen LogP contribution in [0.2, 0.25) is 0 Å². The second-order valence-corrected chi connectivity index (χ2v) is 5.81. The van der Waals surface area contributed by atoms with Gasteiger partial charge >= 0.3 is 0 Å². The summed E-state index contributed by atoms with van der Waals surface area (Å²) >= 11 is 0. The monoisotopic (exact) mass is 294 g/mol. The van der Waals surface area contributed by atoms with E-state index in [1.54, 1.807) is 19.1 Å². The highest BCUT2D eigenvalue weighted by atomic mass is 19.1. The van der Waals surface area contributed by atoms with Gasteiger partial charge in [-0.2, -0.15) is 0 Å². The number of aliphatic hydroxyl groups excluding tert-OH is 1. The summed E-state index contributed by atoms with van der Waals surface area (Å²) in [6.45, 7) is 5.28. The Morgan fingerprint density at radius 1 is 1.57 bits per heavy atom. The van der Waals surface area contributed by atoms with Crippen molar-refractivity contribution in [3.8, 4) is 0 Å². The molecule has 2 unspecified atom stereocenters. The summed E-state index contributed by atoms with van der Waals surface area (Å²) in [7, 11) is 0. The lowest BCUT2D eigenvalue weighted by molar-refractivity contribution is -0.121. The van der Waals surface area contributed by atoms with Crippen LogP contribution in [0.15, 0.2) is 18.2 Å². The van der Waals surface area contributed by atoms with Crippen LogP contribution in [-0.2, 0) is 4.79 Å². The standard InChI is InChI=1S/C16H23FN2O2/c1-11-5-6-14(8-15(11)17)18-16(21)12(2)19-7-3-4-13(9-19)10-20/h5-6,8,12-13,20H,3-4,7,9-10H2,1-2H3,(H,18,21). The molecule has 5 heteroatoms.